The Bertz CT molecular complexity index is 599. The van der Waals surface area contributed by atoms with Crippen LogP contribution in [0.15, 0.2) is 29.6 Å². The van der Waals surface area contributed by atoms with Crippen molar-refractivity contribution >= 4 is 22.9 Å². The second kappa shape index (κ2) is 5.46. The number of amides is 1. The highest BCUT2D eigenvalue weighted by Crippen LogP contribution is 2.22. The molecule has 1 aromatic carbocycles. The van der Waals surface area contributed by atoms with Crippen molar-refractivity contribution in [1.29, 1.82) is 0 Å². The molecule has 2 rings (SSSR count). The molecule has 0 radical (unpaired) electrons. The van der Waals surface area contributed by atoms with E-state index in [0.29, 0.717) is 4.88 Å². The first kappa shape index (κ1) is 13.6. The first-order chi connectivity index (χ1) is 8.99. The first-order valence-electron chi connectivity index (χ1n) is 5.54. The summed E-state index contributed by atoms with van der Waals surface area (Å²) in [7, 11) is 0. The molecule has 0 bridgehead atoms. The third-order valence-electron chi connectivity index (χ3n) is 2.64. The lowest BCUT2D eigenvalue weighted by Gasteiger charge is -2.12. The molecule has 0 spiro atoms. The number of halogens is 2. The highest BCUT2D eigenvalue weighted by atomic mass is 32.1. The Morgan fingerprint density at radius 2 is 2.11 bits per heavy atom. The van der Waals surface area contributed by atoms with Crippen molar-refractivity contribution in [2.24, 2.45) is 5.73 Å². The summed E-state index contributed by atoms with van der Waals surface area (Å²) in [6, 6.07) is 4.55. The van der Waals surface area contributed by atoms with Gasteiger partial charge in [0.2, 0.25) is 5.91 Å². The summed E-state index contributed by atoms with van der Waals surface area (Å²) in [5, 5.41) is 4.08. The van der Waals surface area contributed by atoms with Gasteiger partial charge in [-0.05, 0) is 30.0 Å². The van der Waals surface area contributed by atoms with Crippen LogP contribution in [0.25, 0.3) is 0 Å². The molecular formula is C13H12F2N2OS. The highest BCUT2D eigenvalue weighted by molar-refractivity contribution is 7.10. The lowest BCUT2D eigenvalue weighted by atomic mass is 10.2. The molecule has 0 saturated heterocycles. The van der Waals surface area contributed by atoms with E-state index in [1.165, 1.54) is 18.3 Å². The molecule has 1 amide bonds. The maximum atomic E-state index is 13.6. The van der Waals surface area contributed by atoms with Crippen LogP contribution in [0.5, 0.6) is 0 Å². The van der Waals surface area contributed by atoms with E-state index in [-0.39, 0.29) is 11.3 Å². The molecule has 3 N–H and O–H groups in total. The Balaban J connectivity index is 2.17. The van der Waals surface area contributed by atoms with Gasteiger partial charge in [-0.15, -0.1) is 11.3 Å². The van der Waals surface area contributed by atoms with Crippen molar-refractivity contribution in [3.05, 3.63) is 51.7 Å². The minimum atomic E-state index is -0.899. The minimum Gasteiger partial charge on any atom is -0.322 e. The van der Waals surface area contributed by atoms with Crippen LogP contribution in [-0.2, 0) is 4.79 Å². The van der Waals surface area contributed by atoms with Gasteiger partial charge in [-0.25, -0.2) is 8.78 Å². The van der Waals surface area contributed by atoms with E-state index in [2.05, 4.69) is 5.32 Å². The smallest absolute Gasteiger partial charge is 0.246 e. The minimum absolute atomic E-state index is 0.179. The largest absolute Gasteiger partial charge is 0.322 e. The first-order valence-corrected chi connectivity index (χ1v) is 6.42. The van der Waals surface area contributed by atoms with E-state index in [4.69, 9.17) is 5.73 Å². The van der Waals surface area contributed by atoms with Crippen molar-refractivity contribution in [2.75, 3.05) is 5.32 Å². The maximum absolute atomic E-state index is 13.6. The predicted molar refractivity (Wildman–Crippen MR) is 71.0 cm³/mol. The van der Waals surface area contributed by atoms with Crippen LogP contribution in [-0.4, -0.2) is 5.91 Å². The third-order valence-corrected chi connectivity index (χ3v) is 3.59. The van der Waals surface area contributed by atoms with Crippen LogP contribution in [0.3, 0.4) is 0 Å². The molecule has 2 aromatic rings. The van der Waals surface area contributed by atoms with Gasteiger partial charge >= 0.3 is 0 Å². The summed E-state index contributed by atoms with van der Waals surface area (Å²) in [4.78, 5) is 12.5. The molecule has 3 nitrogen and oxygen atoms in total. The van der Waals surface area contributed by atoms with Gasteiger partial charge in [0.25, 0.3) is 0 Å². The fourth-order valence-corrected chi connectivity index (χ4v) is 2.28. The number of nitrogens with one attached hydrogen (secondary N) is 1. The van der Waals surface area contributed by atoms with Crippen LogP contribution < -0.4 is 11.1 Å². The van der Waals surface area contributed by atoms with E-state index < -0.39 is 23.6 Å². The summed E-state index contributed by atoms with van der Waals surface area (Å²) in [6.07, 6.45) is 0. The van der Waals surface area contributed by atoms with E-state index in [1.807, 2.05) is 0 Å². The second-order valence-corrected chi connectivity index (χ2v) is 5.04. The van der Waals surface area contributed by atoms with Crippen molar-refractivity contribution < 1.29 is 13.6 Å². The van der Waals surface area contributed by atoms with E-state index in [1.54, 1.807) is 17.5 Å². The number of nitrogens with two attached hydrogens (primary N) is 1. The van der Waals surface area contributed by atoms with Gasteiger partial charge in [0.15, 0.2) is 0 Å². The molecule has 0 aliphatic carbocycles. The van der Waals surface area contributed by atoms with Crippen molar-refractivity contribution in [3.63, 3.8) is 0 Å². The van der Waals surface area contributed by atoms with E-state index in [9.17, 15) is 13.6 Å². The van der Waals surface area contributed by atoms with Crippen molar-refractivity contribution in [1.82, 2.24) is 0 Å². The van der Waals surface area contributed by atoms with Gasteiger partial charge in [0.05, 0.1) is 5.69 Å². The predicted octanol–water partition coefficient (Wildman–Crippen LogP) is 2.97. The molecule has 0 aliphatic heterocycles. The van der Waals surface area contributed by atoms with Gasteiger partial charge in [0, 0.05) is 10.9 Å². The summed E-state index contributed by atoms with van der Waals surface area (Å²) in [5.41, 5.74) is 5.70. The topological polar surface area (TPSA) is 55.1 Å². The number of hydrogen-bond donors (Lipinski definition) is 2. The zero-order valence-electron chi connectivity index (χ0n) is 10.1. The van der Waals surface area contributed by atoms with Gasteiger partial charge in [-0.1, -0.05) is 6.07 Å². The fourth-order valence-electron chi connectivity index (χ4n) is 1.55. The lowest BCUT2D eigenvalue weighted by molar-refractivity contribution is -0.117. The van der Waals surface area contributed by atoms with Crippen LogP contribution >= 0.6 is 11.3 Å². The van der Waals surface area contributed by atoms with Gasteiger partial charge in [-0.2, -0.15) is 0 Å². The standard InChI is InChI=1S/C13H12F2N2OS/c1-7-5-9(15)10(6-8(7)14)17-13(18)12(16)11-3-2-4-19-11/h2-6,12H,16H2,1H3,(H,17,18). The van der Waals surface area contributed by atoms with Gasteiger partial charge < -0.3 is 11.1 Å². The number of hydrogen-bond acceptors (Lipinski definition) is 3. The third kappa shape index (κ3) is 2.97. The van der Waals surface area contributed by atoms with Crippen LogP contribution in [0.4, 0.5) is 14.5 Å². The molecular weight excluding hydrogens is 270 g/mol. The Morgan fingerprint density at radius 1 is 1.37 bits per heavy atom. The summed E-state index contributed by atoms with van der Waals surface area (Å²) < 4.78 is 26.9. The molecule has 1 heterocycles. The Morgan fingerprint density at radius 3 is 2.74 bits per heavy atom. The van der Waals surface area contributed by atoms with Gasteiger partial charge in [-0.3, -0.25) is 4.79 Å². The molecule has 19 heavy (non-hydrogen) atoms. The molecule has 0 fully saturated rings. The number of carbonyl (C=O) groups excluding carboxylic acids is 1. The monoisotopic (exact) mass is 282 g/mol. The van der Waals surface area contributed by atoms with Crippen LogP contribution in [0.2, 0.25) is 0 Å². The average Bonchev–Trinajstić information content (AvgIpc) is 2.88. The molecule has 6 heteroatoms. The Hall–Kier alpha value is -1.79. The molecule has 1 atom stereocenters. The number of thiophene rings is 1. The SMILES string of the molecule is Cc1cc(F)c(NC(=O)C(N)c2cccs2)cc1F. The Kier molecular flexibility index (Phi) is 3.92. The fraction of sp³-hybridized carbons (Fsp3) is 0.154. The lowest BCUT2D eigenvalue weighted by Crippen LogP contribution is -2.27. The molecule has 0 aliphatic rings. The highest BCUT2D eigenvalue weighted by Gasteiger charge is 2.18. The van der Waals surface area contributed by atoms with Crippen LogP contribution in [0, 0.1) is 18.6 Å². The van der Waals surface area contributed by atoms with E-state index >= 15 is 0 Å². The van der Waals surface area contributed by atoms with Gasteiger partial charge in [0.1, 0.15) is 17.7 Å². The Labute approximate surface area is 113 Å². The number of aryl methyl sites for hydroxylation is 1. The summed E-state index contributed by atoms with van der Waals surface area (Å²) in [6.45, 7) is 1.45. The van der Waals surface area contributed by atoms with E-state index in [0.717, 1.165) is 12.1 Å². The van der Waals surface area contributed by atoms with Crippen molar-refractivity contribution in [2.45, 2.75) is 13.0 Å². The molecule has 100 valence electrons. The number of rotatable bonds is 3. The second-order valence-electron chi connectivity index (χ2n) is 4.06. The zero-order valence-corrected chi connectivity index (χ0v) is 10.9. The molecule has 0 saturated carbocycles. The average molecular weight is 282 g/mol. The number of anilines is 1. The summed E-state index contributed by atoms with van der Waals surface area (Å²) >= 11 is 1.33. The van der Waals surface area contributed by atoms with Crippen molar-refractivity contribution in [3.8, 4) is 0 Å². The normalized spacial score (nSPS) is 12.2. The number of carbonyl (C=O) groups is 1. The zero-order chi connectivity index (χ0) is 14.0. The number of benzene rings is 1. The summed E-state index contributed by atoms with van der Waals surface area (Å²) in [5.74, 6) is -1.85. The maximum Gasteiger partial charge on any atom is 0.246 e. The quantitative estimate of drug-likeness (QED) is 0.909. The van der Waals surface area contributed by atoms with Crippen LogP contribution in [0.1, 0.15) is 16.5 Å². The molecule has 1 aromatic heterocycles. The molecule has 1 unspecified atom stereocenters.